The van der Waals surface area contributed by atoms with E-state index >= 15 is 0 Å². The number of ether oxygens (including phenoxy) is 1. The molecule has 0 radical (unpaired) electrons. The van der Waals surface area contributed by atoms with Crippen LogP contribution in [0, 0.1) is 11.8 Å². The molecule has 2 amide bonds. The van der Waals surface area contributed by atoms with Crippen molar-refractivity contribution < 1.29 is 33.1 Å². The van der Waals surface area contributed by atoms with Gasteiger partial charge in [0.25, 0.3) is 5.91 Å². The van der Waals surface area contributed by atoms with Gasteiger partial charge in [-0.1, -0.05) is 65.3 Å². The van der Waals surface area contributed by atoms with Gasteiger partial charge in [-0.3, -0.25) is 9.59 Å². The molecule has 2 bridgehead atoms. The Hall–Kier alpha value is -3.44. The molecule has 45 heavy (non-hydrogen) atoms. The molecular weight excluding hydrogens is 590 g/mol. The maximum atomic E-state index is 13.6. The molecule has 0 aromatic carbocycles. The number of hydrogen-bond donors (Lipinski definition) is 2. The highest BCUT2D eigenvalue weighted by Crippen LogP contribution is 2.38. The number of hydrogen-bond acceptors (Lipinski definition) is 8. The van der Waals surface area contributed by atoms with Gasteiger partial charge >= 0.3 is 5.97 Å². The fraction of sp³-hybridized carbons (Fsp3) is 0.588. The summed E-state index contributed by atoms with van der Waals surface area (Å²) in [4.78, 5) is 45.4. The standard InChI is InChI=1S/C34H51N3O7Si/c1-22(2)31-24(4)14-15-29(39)35-16-10-12-23(3)18-25(38)19-26(44-45(8,9)34(5,6)7)20-30-36-27(21-42-30)32(40)37-17-11-13-28(37)33(41)43-31/h10,12,14-15,18-19,21-22,24-25,28,31,38H,11,13,16-17,20H2,1-9H3,(H,35,39)/b12-10+,15-14+,23-18+,26-19+/t24-,25-,28-,31?/m1/s1. The van der Waals surface area contributed by atoms with E-state index in [0.29, 0.717) is 31.7 Å². The molecule has 1 unspecified atom stereocenters. The van der Waals surface area contributed by atoms with Gasteiger partial charge in [0.1, 0.15) is 18.4 Å². The molecule has 2 aliphatic rings. The van der Waals surface area contributed by atoms with Crippen molar-refractivity contribution in [3.8, 4) is 0 Å². The number of cyclic esters (lactones) is 1. The Bertz CT molecular complexity index is 1340. The van der Waals surface area contributed by atoms with Crippen LogP contribution in [0.3, 0.4) is 0 Å². The summed E-state index contributed by atoms with van der Waals surface area (Å²) in [6.45, 7) is 19.0. The Kier molecular flexibility index (Phi) is 12.2. The third-order valence-electron chi connectivity index (χ3n) is 8.62. The molecule has 1 aromatic heterocycles. The number of nitrogens with one attached hydrogen (secondary N) is 1. The van der Waals surface area contributed by atoms with E-state index in [1.165, 1.54) is 17.2 Å². The number of aliphatic hydroxyl groups excluding tert-OH is 1. The maximum Gasteiger partial charge on any atom is 0.329 e. The first-order chi connectivity index (χ1) is 21.0. The summed E-state index contributed by atoms with van der Waals surface area (Å²) in [6, 6.07) is -0.741. The van der Waals surface area contributed by atoms with E-state index in [2.05, 4.69) is 44.2 Å². The predicted molar refractivity (Wildman–Crippen MR) is 176 cm³/mol. The van der Waals surface area contributed by atoms with Crippen molar-refractivity contribution in [1.29, 1.82) is 0 Å². The zero-order valence-corrected chi connectivity index (χ0v) is 29.3. The van der Waals surface area contributed by atoms with E-state index < -0.39 is 38.4 Å². The second kappa shape index (κ2) is 15.2. The quantitative estimate of drug-likeness (QED) is 0.328. The van der Waals surface area contributed by atoms with Crippen molar-refractivity contribution in [2.45, 2.75) is 104 Å². The lowest BCUT2D eigenvalue weighted by atomic mass is 9.94. The minimum absolute atomic E-state index is 0.0152. The monoisotopic (exact) mass is 641 g/mol. The predicted octanol–water partition coefficient (Wildman–Crippen LogP) is 5.48. The molecule has 3 heterocycles. The lowest BCUT2D eigenvalue weighted by Gasteiger charge is -2.37. The first-order valence-electron chi connectivity index (χ1n) is 15.8. The number of aliphatic hydroxyl groups is 1. The molecular formula is C34H51N3O7Si. The Morgan fingerprint density at radius 3 is 2.53 bits per heavy atom. The molecule has 2 aliphatic heterocycles. The van der Waals surface area contributed by atoms with Crippen LogP contribution in [0.2, 0.25) is 18.1 Å². The molecule has 2 N–H and O–H groups in total. The van der Waals surface area contributed by atoms with Gasteiger partial charge in [-0.25, -0.2) is 9.78 Å². The van der Waals surface area contributed by atoms with E-state index in [1.807, 2.05) is 33.8 Å². The van der Waals surface area contributed by atoms with Crippen molar-refractivity contribution in [2.24, 2.45) is 11.8 Å². The van der Waals surface area contributed by atoms with Crippen LogP contribution < -0.4 is 5.32 Å². The van der Waals surface area contributed by atoms with Gasteiger partial charge in [-0.15, -0.1) is 0 Å². The van der Waals surface area contributed by atoms with E-state index in [0.717, 1.165) is 5.57 Å². The average Bonchev–Trinajstić information content (AvgIpc) is 3.61. The summed E-state index contributed by atoms with van der Waals surface area (Å²) in [7, 11) is -2.30. The molecule has 1 saturated heterocycles. The molecule has 0 aliphatic carbocycles. The van der Waals surface area contributed by atoms with Gasteiger partial charge in [0.05, 0.1) is 18.3 Å². The zero-order valence-electron chi connectivity index (χ0n) is 28.3. The minimum Gasteiger partial charge on any atom is -0.546 e. The molecule has 11 heteroatoms. The van der Waals surface area contributed by atoms with E-state index in [-0.39, 0.29) is 40.8 Å². The number of amides is 2. The summed E-state index contributed by atoms with van der Waals surface area (Å²) >= 11 is 0. The topological polar surface area (TPSA) is 131 Å². The highest BCUT2D eigenvalue weighted by Gasteiger charge is 2.40. The maximum absolute atomic E-state index is 13.6. The van der Waals surface area contributed by atoms with E-state index in [1.54, 1.807) is 24.3 Å². The Morgan fingerprint density at radius 2 is 1.87 bits per heavy atom. The van der Waals surface area contributed by atoms with Crippen molar-refractivity contribution in [2.75, 3.05) is 13.1 Å². The van der Waals surface area contributed by atoms with Crippen LogP contribution in [0.5, 0.6) is 0 Å². The third-order valence-corrected chi connectivity index (χ3v) is 13.0. The smallest absolute Gasteiger partial charge is 0.329 e. The van der Waals surface area contributed by atoms with Gasteiger partial charge < -0.3 is 28.9 Å². The summed E-state index contributed by atoms with van der Waals surface area (Å²) in [5, 5.41) is 13.6. The fourth-order valence-electron chi connectivity index (χ4n) is 5.09. The van der Waals surface area contributed by atoms with Crippen LogP contribution in [-0.2, 0) is 25.2 Å². The van der Waals surface area contributed by atoms with E-state index in [4.69, 9.17) is 13.6 Å². The normalized spacial score (nSPS) is 28.7. The zero-order chi connectivity index (χ0) is 33.5. The van der Waals surface area contributed by atoms with Gasteiger partial charge in [-0.2, -0.15) is 0 Å². The van der Waals surface area contributed by atoms with Crippen molar-refractivity contribution in [1.82, 2.24) is 15.2 Å². The first kappa shape index (κ1) is 36.0. The van der Waals surface area contributed by atoms with Gasteiger partial charge in [0, 0.05) is 19.0 Å². The molecule has 0 spiro atoms. The number of nitrogens with zero attached hydrogens (tertiary/aromatic N) is 2. The number of fused-ring (bicyclic) bond motifs is 3. The highest BCUT2D eigenvalue weighted by molar-refractivity contribution is 6.74. The molecule has 10 nitrogen and oxygen atoms in total. The molecule has 1 aromatic rings. The summed E-state index contributed by atoms with van der Waals surface area (Å²) in [5.41, 5.74) is 0.895. The van der Waals surface area contributed by atoms with Crippen molar-refractivity contribution in [3.05, 3.63) is 65.6 Å². The summed E-state index contributed by atoms with van der Waals surface area (Å²) in [5.74, 6) is -0.631. The summed E-state index contributed by atoms with van der Waals surface area (Å²) in [6.07, 6.45) is 11.3. The second-order valence-electron chi connectivity index (χ2n) is 13.9. The number of aromatic nitrogens is 1. The molecule has 3 rings (SSSR count). The Morgan fingerprint density at radius 1 is 1.16 bits per heavy atom. The molecule has 248 valence electrons. The van der Waals surface area contributed by atoms with Crippen LogP contribution in [0.25, 0.3) is 0 Å². The van der Waals surface area contributed by atoms with Crippen molar-refractivity contribution >= 4 is 26.1 Å². The van der Waals surface area contributed by atoms with Crippen LogP contribution in [0.1, 0.15) is 77.7 Å². The summed E-state index contributed by atoms with van der Waals surface area (Å²) < 4.78 is 18.3. The largest absolute Gasteiger partial charge is 0.546 e. The number of carbonyl (C=O) groups is 3. The van der Waals surface area contributed by atoms with Gasteiger partial charge in [-0.05, 0) is 62.0 Å². The second-order valence-corrected chi connectivity index (χ2v) is 18.6. The Labute approximate surface area is 268 Å². The first-order valence-corrected chi connectivity index (χ1v) is 18.7. The highest BCUT2D eigenvalue weighted by atomic mass is 28.4. The molecule has 1 fully saturated rings. The third kappa shape index (κ3) is 10.0. The Balaban J connectivity index is 1.99. The van der Waals surface area contributed by atoms with Crippen LogP contribution in [-0.4, -0.2) is 72.4 Å². The van der Waals surface area contributed by atoms with Crippen LogP contribution in [0.15, 0.2) is 58.5 Å². The van der Waals surface area contributed by atoms with Crippen molar-refractivity contribution in [3.63, 3.8) is 0 Å². The van der Waals surface area contributed by atoms with Crippen LogP contribution >= 0.6 is 0 Å². The SMILES string of the molecule is CC1=C\[C@@H](O)/C=C(/O[Si](C)(C)C(C)(C)C)Cc2nc(co2)C(=O)N2CCC[C@@H]2C(=O)OC(C(C)C)[C@H](C)/C=C/C(=O)NC\C=C\1. The number of rotatable bonds is 3. The van der Waals surface area contributed by atoms with Crippen LogP contribution in [0.4, 0.5) is 0 Å². The average molecular weight is 642 g/mol. The number of oxazole rings is 1. The van der Waals surface area contributed by atoms with Gasteiger partial charge in [0.15, 0.2) is 5.69 Å². The number of esters is 1. The van der Waals surface area contributed by atoms with E-state index in [9.17, 15) is 19.5 Å². The number of carbonyl (C=O) groups excluding carboxylic acids is 3. The van der Waals surface area contributed by atoms with Gasteiger partial charge in [0.2, 0.25) is 20.1 Å². The fourth-order valence-corrected chi connectivity index (χ4v) is 6.19. The molecule has 0 saturated carbocycles. The minimum atomic E-state index is -2.30. The number of allylic oxidation sites excluding steroid dienone is 3. The lowest BCUT2D eigenvalue weighted by Crippen LogP contribution is -2.44. The molecule has 4 atom stereocenters. The lowest BCUT2D eigenvalue weighted by molar-refractivity contribution is -0.158.